The number of aliphatic hydroxyl groups excluding tert-OH is 3. The predicted molar refractivity (Wildman–Crippen MR) is 33.6 cm³/mol. The number of rotatable bonds is 1. The molecule has 1 fully saturated rings. The molecule has 11 heavy (non-hydrogen) atoms. The summed E-state index contributed by atoms with van der Waals surface area (Å²) >= 11 is 0. The van der Waals surface area contributed by atoms with Crippen LogP contribution in [0.5, 0.6) is 0 Å². The van der Waals surface area contributed by atoms with Gasteiger partial charge in [-0.15, -0.1) is 0 Å². The summed E-state index contributed by atoms with van der Waals surface area (Å²) in [6.07, 6.45) is -5.11. The maximum Gasteiger partial charge on any atom is 0.213 e. The number of ketones is 1. The zero-order chi connectivity index (χ0) is 9.30. The van der Waals surface area contributed by atoms with E-state index in [1.54, 1.807) is 0 Å². The van der Waals surface area contributed by atoms with E-state index in [4.69, 9.17) is 16.4 Å². The molecule has 0 aromatic carbocycles. The Hall–Kier alpha value is -0.490. The van der Waals surface area contributed by atoms with E-state index in [2.05, 4.69) is 5.11 Å². The van der Waals surface area contributed by atoms with Gasteiger partial charge in [-0.05, 0) is 6.92 Å². The van der Waals surface area contributed by atoms with Gasteiger partial charge in [-0.25, -0.2) is 0 Å². The van der Waals surface area contributed by atoms with Crippen molar-refractivity contribution in [2.75, 3.05) is 0 Å². The summed E-state index contributed by atoms with van der Waals surface area (Å²) in [6, 6.07) is 0. The van der Waals surface area contributed by atoms with Crippen molar-refractivity contribution in [3.05, 3.63) is 0 Å². The maximum atomic E-state index is 10.9. The lowest BCUT2D eigenvalue weighted by Gasteiger charge is -2.31. The van der Waals surface area contributed by atoms with Crippen molar-refractivity contribution in [3.8, 4) is 0 Å². The molecule has 1 rings (SSSR count). The number of Topliss-reactive ketones (excluding diaryl/α,β-unsaturated/α-hetero) is 1. The highest BCUT2D eigenvalue weighted by Gasteiger charge is 2.40. The lowest BCUT2D eigenvalue weighted by atomic mass is 10.0. The summed E-state index contributed by atoms with van der Waals surface area (Å²) in [5, 5.41) is 22.1. The Morgan fingerprint density at radius 1 is 1.64 bits per heavy atom. The minimum atomic E-state index is -1.52. The largest absolute Gasteiger partial charge is 0.385 e. The average Bonchev–Trinajstić information content (AvgIpc) is 2.08. The fourth-order valence-electron chi connectivity index (χ4n) is 0.906. The summed E-state index contributed by atoms with van der Waals surface area (Å²) in [7, 11) is 0. The molecule has 1 aliphatic rings. The first-order chi connectivity index (χ1) is 5.57. The first-order valence-electron chi connectivity index (χ1n) is 3.66. The Balaban J connectivity index is 2.70. The number of aliphatic hydroxyl groups is 3. The van der Waals surface area contributed by atoms with Crippen molar-refractivity contribution in [1.82, 2.24) is 0 Å². The van der Waals surface area contributed by atoms with E-state index in [0.717, 1.165) is 0 Å². The molecule has 5 heteroatoms. The van der Waals surface area contributed by atoms with Crippen molar-refractivity contribution < 1.29 is 24.9 Å². The molecule has 0 spiro atoms. The summed E-state index contributed by atoms with van der Waals surface area (Å²) in [5.41, 5.74) is 0. The van der Waals surface area contributed by atoms with Gasteiger partial charge in [0.15, 0.2) is 12.1 Å². The van der Waals surface area contributed by atoms with Crippen molar-refractivity contribution >= 4 is 5.78 Å². The number of hydrogen-bond donors (Lipinski definition) is 3. The summed E-state index contributed by atoms with van der Waals surface area (Å²) in [6.45, 7) is 1.42. The second-order valence-corrected chi connectivity index (χ2v) is 2.48. The van der Waals surface area contributed by atoms with Crippen molar-refractivity contribution in [2.24, 2.45) is 0 Å². The highest BCUT2D eigenvalue weighted by molar-refractivity contribution is 5.88. The first kappa shape index (κ1) is 7.17. The minimum Gasteiger partial charge on any atom is -0.385 e. The molecule has 1 heterocycles. The van der Waals surface area contributed by atoms with Gasteiger partial charge < -0.3 is 20.1 Å². The third-order valence-electron chi connectivity index (χ3n) is 1.63. The van der Waals surface area contributed by atoms with Gasteiger partial charge in [0.2, 0.25) is 1.43 Å². The summed E-state index contributed by atoms with van der Waals surface area (Å²) in [5.74, 6) is -0.601. The first-order valence-corrected chi connectivity index (χ1v) is 3.25. The Morgan fingerprint density at radius 3 is 2.82 bits per heavy atom. The van der Waals surface area contributed by atoms with Crippen LogP contribution in [0.4, 0.5) is 0 Å². The maximum absolute atomic E-state index is 10.9. The molecule has 3 N–H and O–H groups in total. The fraction of sp³-hybridized carbons (Fsp3) is 0.833. The van der Waals surface area contributed by atoms with Crippen LogP contribution in [0.2, 0.25) is 0 Å². The van der Waals surface area contributed by atoms with E-state index >= 15 is 0 Å². The van der Waals surface area contributed by atoms with Crippen LogP contribution in [0.1, 0.15) is 6.92 Å². The minimum absolute atomic E-state index is 0.601. The molecule has 0 aromatic heterocycles. The van der Waals surface area contributed by atoms with Gasteiger partial charge in [0.05, 0.1) is 0 Å². The summed E-state index contributed by atoms with van der Waals surface area (Å²) in [4.78, 5) is 10.9. The van der Waals surface area contributed by atoms with Gasteiger partial charge >= 0.3 is 0 Å². The van der Waals surface area contributed by atoms with Crippen LogP contribution in [0.3, 0.4) is 0 Å². The van der Waals surface area contributed by atoms with Crippen molar-refractivity contribution in [3.63, 3.8) is 0 Å². The average molecular weight is 164 g/mol. The molecule has 0 saturated carbocycles. The molecular weight excluding hydrogens is 152 g/mol. The standard InChI is InChI=1S/C6H10O5/c1-2-3(7)4(8)5(9)6(10)11-2/h2,4-6,8-10H,1H3/i10T. The lowest BCUT2D eigenvalue weighted by molar-refractivity contribution is -0.232. The zero-order valence-corrected chi connectivity index (χ0v) is 5.93. The van der Waals surface area contributed by atoms with Crippen LogP contribution in [0.25, 0.3) is 0 Å². The molecule has 0 aliphatic carbocycles. The van der Waals surface area contributed by atoms with Crippen LogP contribution in [0, 0.1) is 0 Å². The monoisotopic (exact) mass is 164 g/mol. The Kier molecular flexibility index (Phi) is 1.87. The predicted octanol–water partition coefficient (Wildman–Crippen LogP) is -1.99. The van der Waals surface area contributed by atoms with E-state index in [9.17, 15) is 4.79 Å². The molecule has 1 saturated heterocycles. The SMILES string of the molecule is [3H]OC1OC(C)C(=O)C(O)C1O. The topological polar surface area (TPSA) is 87.0 Å². The van der Waals surface area contributed by atoms with Gasteiger partial charge in [-0.1, -0.05) is 0 Å². The third kappa shape index (κ3) is 1.41. The Bertz CT molecular complexity index is 185. The van der Waals surface area contributed by atoms with Crippen LogP contribution in [-0.4, -0.2) is 47.1 Å². The Morgan fingerprint density at radius 2 is 2.27 bits per heavy atom. The highest BCUT2D eigenvalue weighted by atomic mass is 16.6. The van der Waals surface area contributed by atoms with Gasteiger partial charge in [0, 0.05) is 0 Å². The van der Waals surface area contributed by atoms with Gasteiger partial charge in [-0.3, -0.25) is 4.79 Å². The van der Waals surface area contributed by atoms with Crippen molar-refractivity contribution in [1.29, 1.82) is 1.43 Å². The van der Waals surface area contributed by atoms with Gasteiger partial charge in [-0.2, -0.15) is 0 Å². The molecule has 4 atom stereocenters. The van der Waals surface area contributed by atoms with Crippen molar-refractivity contribution in [2.45, 2.75) is 31.5 Å². The van der Waals surface area contributed by atoms with Gasteiger partial charge in [0.25, 0.3) is 0 Å². The molecule has 0 amide bonds. The number of carbonyl (C=O) groups excluding carboxylic acids is 1. The molecular formula is C6H10O5. The fourth-order valence-corrected chi connectivity index (χ4v) is 0.906. The Labute approximate surface area is 64.7 Å². The van der Waals surface area contributed by atoms with E-state index < -0.39 is 30.4 Å². The quantitative estimate of drug-likeness (QED) is 0.418. The molecule has 0 bridgehead atoms. The van der Waals surface area contributed by atoms with Crippen LogP contribution in [0.15, 0.2) is 0 Å². The van der Waals surface area contributed by atoms with E-state index in [0.29, 0.717) is 0 Å². The van der Waals surface area contributed by atoms with E-state index in [1.165, 1.54) is 6.92 Å². The third-order valence-corrected chi connectivity index (χ3v) is 1.63. The highest BCUT2D eigenvalue weighted by Crippen LogP contribution is 2.14. The number of ether oxygens (including phenoxy) is 1. The zero-order valence-electron chi connectivity index (χ0n) is 6.93. The number of carbonyl (C=O) groups is 1. The molecule has 0 aromatic rings. The van der Waals surface area contributed by atoms with Gasteiger partial charge in [0.1, 0.15) is 18.3 Å². The van der Waals surface area contributed by atoms with E-state index in [-0.39, 0.29) is 0 Å². The lowest BCUT2D eigenvalue weighted by Crippen LogP contribution is -2.53. The normalized spacial score (nSPS) is 47.2. The second kappa shape index (κ2) is 2.86. The van der Waals surface area contributed by atoms with Crippen LogP contribution in [-0.2, 0) is 9.53 Å². The summed E-state index contributed by atoms with van der Waals surface area (Å²) < 4.78 is 11.2. The van der Waals surface area contributed by atoms with Crippen LogP contribution >= 0.6 is 0 Å². The van der Waals surface area contributed by atoms with E-state index in [1.807, 2.05) is 0 Å². The van der Waals surface area contributed by atoms with Crippen LogP contribution < -0.4 is 0 Å². The molecule has 64 valence electrons. The molecule has 4 unspecified atom stereocenters. The molecule has 5 nitrogen and oxygen atoms in total. The molecule has 1 aliphatic heterocycles. The smallest absolute Gasteiger partial charge is 0.213 e. The second-order valence-electron chi connectivity index (χ2n) is 2.48. The number of hydrogen-bond acceptors (Lipinski definition) is 5. The molecule has 0 radical (unpaired) electrons.